The third-order valence-corrected chi connectivity index (χ3v) is 3.45. The quantitative estimate of drug-likeness (QED) is 0.843. The average Bonchev–Trinajstić information content (AvgIpc) is 2.77. The van der Waals surface area contributed by atoms with Crippen LogP contribution in [0.1, 0.15) is 18.7 Å². The Morgan fingerprint density at radius 1 is 1.62 bits per heavy atom. The molecule has 90 valence electrons. The van der Waals surface area contributed by atoms with Gasteiger partial charge in [-0.05, 0) is 30.7 Å². The fraction of sp³-hybridized carbons (Fsp3) is 0.583. The molecule has 1 aromatic heterocycles. The van der Waals surface area contributed by atoms with E-state index in [2.05, 4.69) is 29.8 Å². The third kappa shape index (κ3) is 4.23. The van der Waals surface area contributed by atoms with Crippen LogP contribution in [0.15, 0.2) is 17.5 Å². The molecule has 0 aliphatic heterocycles. The highest BCUT2D eigenvalue weighted by molar-refractivity contribution is 7.09. The Morgan fingerprint density at radius 3 is 2.94 bits per heavy atom. The molecule has 1 atom stereocenters. The number of amides is 2. The number of thiophene rings is 1. The van der Waals surface area contributed by atoms with Crippen LogP contribution in [0.25, 0.3) is 0 Å². The molecule has 0 aliphatic rings. The highest BCUT2D eigenvalue weighted by Gasteiger charge is 2.09. The van der Waals surface area contributed by atoms with Gasteiger partial charge in [0.05, 0.1) is 0 Å². The molecule has 1 aromatic rings. The van der Waals surface area contributed by atoms with Crippen LogP contribution in [0.3, 0.4) is 0 Å². The molecule has 4 heteroatoms. The van der Waals surface area contributed by atoms with Crippen LogP contribution in [0.5, 0.6) is 0 Å². The highest BCUT2D eigenvalue weighted by atomic mass is 32.1. The van der Waals surface area contributed by atoms with Gasteiger partial charge in [-0.2, -0.15) is 0 Å². The molecule has 0 saturated carbocycles. The Hall–Kier alpha value is -1.03. The first kappa shape index (κ1) is 13.0. The predicted molar refractivity (Wildman–Crippen MR) is 68.9 cm³/mol. The first-order valence-electron chi connectivity index (χ1n) is 5.64. The fourth-order valence-corrected chi connectivity index (χ4v) is 2.25. The maximum absolute atomic E-state index is 11.5. The van der Waals surface area contributed by atoms with Crippen molar-refractivity contribution in [3.8, 4) is 0 Å². The second kappa shape index (κ2) is 6.53. The summed E-state index contributed by atoms with van der Waals surface area (Å²) >= 11 is 1.77. The van der Waals surface area contributed by atoms with Crippen LogP contribution >= 0.6 is 11.3 Å². The van der Waals surface area contributed by atoms with E-state index >= 15 is 0 Å². The molecule has 0 fully saturated rings. The summed E-state index contributed by atoms with van der Waals surface area (Å²) in [7, 11) is 1.80. The normalized spacial score (nSPS) is 12.2. The predicted octanol–water partition coefficient (Wildman–Crippen LogP) is 2.59. The number of hydrogen-bond acceptors (Lipinski definition) is 2. The lowest BCUT2D eigenvalue weighted by Gasteiger charge is -2.17. The van der Waals surface area contributed by atoms with E-state index in [4.69, 9.17) is 0 Å². The zero-order valence-corrected chi connectivity index (χ0v) is 11.0. The number of nitrogens with zero attached hydrogens (tertiary/aromatic N) is 1. The van der Waals surface area contributed by atoms with E-state index in [-0.39, 0.29) is 6.03 Å². The van der Waals surface area contributed by atoms with E-state index in [1.165, 1.54) is 4.88 Å². The largest absolute Gasteiger partial charge is 0.338 e. The van der Waals surface area contributed by atoms with Crippen molar-refractivity contribution in [2.75, 3.05) is 20.1 Å². The Bertz CT molecular complexity index is 311. The Balaban J connectivity index is 2.25. The smallest absolute Gasteiger partial charge is 0.317 e. The molecule has 0 bridgehead atoms. The molecule has 2 amide bonds. The number of rotatable bonds is 5. The summed E-state index contributed by atoms with van der Waals surface area (Å²) in [4.78, 5) is 14.6. The van der Waals surface area contributed by atoms with Crippen molar-refractivity contribution >= 4 is 17.4 Å². The number of nitrogens with one attached hydrogen (secondary N) is 1. The van der Waals surface area contributed by atoms with Crippen molar-refractivity contribution in [1.29, 1.82) is 0 Å². The van der Waals surface area contributed by atoms with Crippen molar-refractivity contribution in [1.82, 2.24) is 10.2 Å². The zero-order valence-electron chi connectivity index (χ0n) is 10.2. The van der Waals surface area contributed by atoms with E-state index in [9.17, 15) is 4.79 Å². The molecule has 0 saturated heterocycles. The molecule has 0 unspecified atom stereocenters. The lowest BCUT2D eigenvalue weighted by molar-refractivity contribution is 0.209. The summed E-state index contributed by atoms with van der Waals surface area (Å²) < 4.78 is 0. The first-order chi connectivity index (χ1) is 7.63. The summed E-state index contributed by atoms with van der Waals surface area (Å²) in [5.41, 5.74) is 0. The number of urea groups is 1. The lowest BCUT2D eigenvalue weighted by Crippen LogP contribution is -2.39. The van der Waals surface area contributed by atoms with E-state index < -0.39 is 0 Å². The Labute approximate surface area is 101 Å². The second-order valence-electron chi connectivity index (χ2n) is 4.09. The van der Waals surface area contributed by atoms with Gasteiger partial charge < -0.3 is 10.2 Å². The number of carbonyl (C=O) groups excluding carboxylic acids is 1. The van der Waals surface area contributed by atoms with Gasteiger partial charge in [-0.25, -0.2) is 4.79 Å². The molecule has 1 rings (SSSR count). The first-order valence-corrected chi connectivity index (χ1v) is 6.52. The van der Waals surface area contributed by atoms with Crippen LogP contribution < -0.4 is 5.32 Å². The maximum atomic E-state index is 11.5. The monoisotopic (exact) mass is 240 g/mol. The summed E-state index contributed by atoms with van der Waals surface area (Å²) in [6, 6.07) is 4.22. The van der Waals surface area contributed by atoms with Crippen molar-refractivity contribution < 1.29 is 4.79 Å². The standard InChI is InChI=1S/C12H20N2OS/c1-4-14(3)12(15)13-9-10(2)8-11-6-5-7-16-11/h5-7,10H,4,8-9H2,1-3H3,(H,13,15)/t10-/m1/s1. The Kier molecular flexibility index (Phi) is 5.32. The van der Waals surface area contributed by atoms with E-state index in [1.54, 1.807) is 23.3 Å². The van der Waals surface area contributed by atoms with Gasteiger partial charge in [-0.1, -0.05) is 13.0 Å². The van der Waals surface area contributed by atoms with Crippen molar-refractivity contribution in [2.45, 2.75) is 20.3 Å². The van der Waals surface area contributed by atoms with E-state index in [0.29, 0.717) is 5.92 Å². The van der Waals surface area contributed by atoms with Gasteiger partial charge in [0, 0.05) is 25.0 Å². The van der Waals surface area contributed by atoms with Crippen LogP contribution in [0, 0.1) is 5.92 Å². The van der Waals surface area contributed by atoms with Crippen LogP contribution in [-0.2, 0) is 6.42 Å². The van der Waals surface area contributed by atoms with Gasteiger partial charge >= 0.3 is 6.03 Å². The second-order valence-corrected chi connectivity index (χ2v) is 5.12. The maximum Gasteiger partial charge on any atom is 0.317 e. The molecule has 0 aliphatic carbocycles. The van der Waals surface area contributed by atoms with Crippen LogP contribution in [-0.4, -0.2) is 31.1 Å². The summed E-state index contributed by atoms with van der Waals surface area (Å²) in [6.45, 7) is 5.60. The minimum absolute atomic E-state index is 0.0144. The summed E-state index contributed by atoms with van der Waals surface area (Å²) in [5, 5.41) is 5.03. The van der Waals surface area contributed by atoms with E-state index in [1.807, 2.05) is 6.92 Å². The molecule has 0 aromatic carbocycles. The van der Waals surface area contributed by atoms with E-state index in [0.717, 1.165) is 19.5 Å². The van der Waals surface area contributed by atoms with Crippen LogP contribution in [0.4, 0.5) is 4.79 Å². The SMILES string of the molecule is CCN(C)C(=O)NC[C@H](C)Cc1cccs1. The topological polar surface area (TPSA) is 32.3 Å². The number of carbonyl (C=O) groups is 1. The summed E-state index contributed by atoms with van der Waals surface area (Å²) in [6.07, 6.45) is 1.04. The van der Waals surface area contributed by atoms with Gasteiger partial charge in [0.1, 0.15) is 0 Å². The third-order valence-electron chi connectivity index (χ3n) is 2.55. The van der Waals surface area contributed by atoms with Crippen molar-refractivity contribution in [3.05, 3.63) is 22.4 Å². The minimum atomic E-state index is 0.0144. The zero-order chi connectivity index (χ0) is 12.0. The average molecular weight is 240 g/mol. The molecule has 3 nitrogen and oxygen atoms in total. The van der Waals surface area contributed by atoms with Gasteiger partial charge in [0.15, 0.2) is 0 Å². The Morgan fingerprint density at radius 2 is 2.38 bits per heavy atom. The van der Waals surface area contributed by atoms with Crippen LogP contribution in [0.2, 0.25) is 0 Å². The fourth-order valence-electron chi connectivity index (χ4n) is 1.38. The molecular weight excluding hydrogens is 220 g/mol. The molecule has 0 radical (unpaired) electrons. The lowest BCUT2D eigenvalue weighted by atomic mass is 10.1. The van der Waals surface area contributed by atoms with Gasteiger partial charge in [0.2, 0.25) is 0 Å². The van der Waals surface area contributed by atoms with Gasteiger partial charge in [0.25, 0.3) is 0 Å². The highest BCUT2D eigenvalue weighted by Crippen LogP contribution is 2.13. The molecule has 1 heterocycles. The molecule has 0 spiro atoms. The number of hydrogen-bond donors (Lipinski definition) is 1. The molecule has 1 N–H and O–H groups in total. The van der Waals surface area contributed by atoms with Gasteiger partial charge in [-0.3, -0.25) is 0 Å². The minimum Gasteiger partial charge on any atom is -0.338 e. The molecular formula is C12H20N2OS. The van der Waals surface area contributed by atoms with Gasteiger partial charge in [-0.15, -0.1) is 11.3 Å². The summed E-state index contributed by atoms with van der Waals surface area (Å²) in [5.74, 6) is 0.479. The van der Waals surface area contributed by atoms with Crippen molar-refractivity contribution in [2.24, 2.45) is 5.92 Å². The molecule has 16 heavy (non-hydrogen) atoms. The van der Waals surface area contributed by atoms with Crippen molar-refractivity contribution in [3.63, 3.8) is 0 Å².